The number of ether oxygens (including phenoxy) is 1. The van der Waals surface area contributed by atoms with E-state index < -0.39 is 11.7 Å². The maximum absolute atomic E-state index is 13.1. The number of carbonyl (C=O) groups is 1. The molecule has 0 fully saturated rings. The molecule has 0 unspecified atom stereocenters. The summed E-state index contributed by atoms with van der Waals surface area (Å²) in [5.74, 6) is -0.975. The number of rotatable bonds is 4. The minimum atomic E-state index is -0.489. The first-order valence-corrected chi connectivity index (χ1v) is 7.83. The van der Waals surface area contributed by atoms with E-state index in [4.69, 9.17) is 16.3 Å². The van der Waals surface area contributed by atoms with Crippen molar-refractivity contribution in [2.45, 2.75) is 20.4 Å². The molecule has 0 radical (unpaired) electrons. The normalized spacial score (nSPS) is 12.0. The predicted molar refractivity (Wildman–Crippen MR) is 85.0 cm³/mol. The molecule has 22 heavy (non-hydrogen) atoms. The Morgan fingerprint density at radius 1 is 1.45 bits per heavy atom. The van der Waals surface area contributed by atoms with E-state index >= 15 is 0 Å². The van der Waals surface area contributed by atoms with E-state index in [0.29, 0.717) is 18.0 Å². The Labute approximate surface area is 136 Å². The molecule has 0 aliphatic heterocycles. The standard InChI is InChI=1S/C15H16ClFN2O2S/c1-9-10(2)22-15(19(9)6-7-21-3)18-14(20)12-5-4-11(17)8-13(12)16/h4-5,8H,6-7H2,1-3H3/b18-15-. The van der Waals surface area contributed by atoms with Gasteiger partial charge in [0, 0.05) is 24.2 Å². The smallest absolute Gasteiger partial charge is 0.281 e. The van der Waals surface area contributed by atoms with Crippen LogP contribution < -0.4 is 4.80 Å². The summed E-state index contributed by atoms with van der Waals surface area (Å²) in [4.78, 5) is 18.1. The van der Waals surface area contributed by atoms with Crippen LogP contribution in [0.15, 0.2) is 23.2 Å². The van der Waals surface area contributed by atoms with E-state index in [1.807, 2.05) is 18.4 Å². The minimum Gasteiger partial charge on any atom is -0.383 e. The maximum atomic E-state index is 13.1. The molecule has 118 valence electrons. The fourth-order valence-electron chi connectivity index (χ4n) is 1.94. The molecule has 0 N–H and O–H groups in total. The van der Waals surface area contributed by atoms with Crippen molar-refractivity contribution in [1.82, 2.24) is 4.57 Å². The first-order valence-electron chi connectivity index (χ1n) is 6.64. The lowest BCUT2D eigenvalue weighted by Crippen LogP contribution is -2.20. The Balaban J connectivity index is 2.44. The molecule has 1 heterocycles. The van der Waals surface area contributed by atoms with Crippen molar-refractivity contribution < 1.29 is 13.9 Å². The van der Waals surface area contributed by atoms with Crippen LogP contribution in [0.25, 0.3) is 0 Å². The maximum Gasteiger partial charge on any atom is 0.281 e. The molecule has 0 saturated carbocycles. The lowest BCUT2D eigenvalue weighted by Gasteiger charge is -2.05. The molecule has 1 aromatic heterocycles. The number of aromatic nitrogens is 1. The average Bonchev–Trinajstić information content (AvgIpc) is 2.71. The van der Waals surface area contributed by atoms with Gasteiger partial charge in [0.25, 0.3) is 5.91 Å². The molecular formula is C15H16ClFN2O2S. The molecular weight excluding hydrogens is 327 g/mol. The predicted octanol–water partition coefficient (Wildman–Crippen LogP) is 3.35. The molecule has 1 aromatic carbocycles. The summed E-state index contributed by atoms with van der Waals surface area (Å²) >= 11 is 7.33. The van der Waals surface area contributed by atoms with Crippen LogP contribution in [0.2, 0.25) is 5.02 Å². The Kier molecular flexibility index (Phi) is 5.50. The summed E-state index contributed by atoms with van der Waals surface area (Å²) in [7, 11) is 1.62. The summed E-state index contributed by atoms with van der Waals surface area (Å²) in [6, 6.07) is 3.64. The molecule has 2 aromatic rings. The molecule has 0 bridgehead atoms. The van der Waals surface area contributed by atoms with E-state index in [1.165, 1.54) is 23.5 Å². The van der Waals surface area contributed by atoms with E-state index in [0.717, 1.165) is 16.6 Å². The molecule has 1 amide bonds. The SMILES string of the molecule is COCCn1c(C)c(C)s/c1=N\C(=O)c1ccc(F)cc1Cl. The molecule has 7 heteroatoms. The topological polar surface area (TPSA) is 43.6 Å². The van der Waals surface area contributed by atoms with Crippen LogP contribution in [0.4, 0.5) is 4.39 Å². The van der Waals surface area contributed by atoms with Crippen LogP contribution in [0.3, 0.4) is 0 Å². The third-order valence-corrected chi connectivity index (χ3v) is 4.68. The molecule has 0 spiro atoms. The number of hydrogen-bond donors (Lipinski definition) is 0. The van der Waals surface area contributed by atoms with Gasteiger partial charge in [-0.15, -0.1) is 11.3 Å². The number of halogens is 2. The second kappa shape index (κ2) is 7.17. The zero-order chi connectivity index (χ0) is 16.3. The Morgan fingerprint density at radius 3 is 2.82 bits per heavy atom. The number of aryl methyl sites for hydroxylation is 1. The van der Waals surface area contributed by atoms with E-state index in [-0.39, 0.29) is 10.6 Å². The van der Waals surface area contributed by atoms with Crippen LogP contribution in [0, 0.1) is 19.7 Å². The monoisotopic (exact) mass is 342 g/mol. The quantitative estimate of drug-likeness (QED) is 0.855. The summed E-state index contributed by atoms with van der Waals surface area (Å²) < 4.78 is 20.1. The van der Waals surface area contributed by atoms with Gasteiger partial charge in [-0.05, 0) is 32.0 Å². The molecule has 0 aliphatic rings. The zero-order valence-corrected chi connectivity index (χ0v) is 14.1. The molecule has 2 rings (SSSR count). The fraction of sp³-hybridized carbons (Fsp3) is 0.333. The van der Waals surface area contributed by atoms with Crippen molar-refractivity contribution in [3.05, 3.63) is 50.0 Å². The van der Waals surface area contributed by atoms with Gasteiger partial charge < -0.3 is 9.30 Å². The molecule has 4 nitrogen and oxygen atoms in total. The van der Waals surface area contributed by atoms with Crippen molar-refractivity contribution in [2.75, 3.05) is 13.7 Å². The third kappa shape index (κ3) is 3.63. The number of thiazole rings is 1. The summed E-state index contributed by atoms with van der Waals surface area (Å²) in [5.41, 5.74) is 1.23. The number of carbonyl (C=O) groups excluding carboxylic acids is 1. The van der Waals surface area contributed by atoms with Gasteiger partial charge in [0.2, 0.25) is 0 Å². The summed E-state index contributed by atoms with van der Waals surface area (Å²) in [6.07, 6.45) is 0. The number of nitrogens with zero attached hydrogens (tertiary/aromatic N) is 2. The zero-order valence-electron chi connectivity index (χ0n) is 12.5. The third-order valence-electron chi connectivity index (χ3n) is 3.27. The van der Waals surface area contributed by atoms with Gasteiger partial charge in [0.05, 0.1) is 17.2 Å². The van der Waals surface area contributed by atoms with E-state index in [2.05, 4.69) is 4.99 Å². The lowest BCUT2D eigenvalue weighted by molar-refractivity contribution is 0.0997. The first-order chi connectivity index (χ1) is 10.4. The van der Waals surface area contributed by atoms with Crippen molar-refractivity contribution >= 4 is 28.8 Å². The van der Waals surface area contributed by atoms with E-state index in [1.54, 1.807) is 7.11 Å². The van der Waals surface area contributed by atoms with Gasteiger partial charge in [0.1, 0.15) is 5.82 Å². The minimum absolute atomic E-state index is 0.0576. The Bertz CT molecular complexity index is 767. The number of benzene rings is 1. The number of methoxy groups -OCH3 is 1. The van der Waals surface area contributed by atoms with Gasteiger partial charge in [0.15, 0.2) is 4.80 Å². The van der Waals surface area contributed by atoms with Gasteiger partial charge in [-0.1, -0.05) is 11.6 Å². The highest BCUT2D eigenvalue weighted by molar-refractivity contribution is 7.09. The molecule has 0 atom stereocenters. The van der Waals surface area contributed by atoms with E-state index in [9.17, 15) is 9.18 Å². The summed E-state index contributed by atoms with van der Waals surface area (Å²) in [6.45, 7) is 5.07. The van der Waals surface area contributed by atoms with Crippen LogP contribution in [0.5, 0.6) is 0 Å². The number of amides is 1. The first kappa shape index (κ1) is 16.9. The second-order valence-electron chi connectivity index (χ2n) is 4.71. The van der Waals surface area contributed by atoms with Crippen LogP contribution in [-0.4, -0.2) is 24.2 Å². The number of hydrogen-bond acceptors (Lipinski definition) is 3. The second-order valence-corrected chi connectivity index (χ2v) is 6.30. The summed E-state index contributed by atoms with van der Waals surface area (Å²) in [5, 5.41) is 0.0576. The van der Waals surface area contributed by atoms with Gasteiger partial charge in [-0.2, -0.15) is 4.99 Å². The highest BCUT2D eigenvalue weighted by Gasteiger charge is 2.12. The average molecular weight is 343 g/mol. The highest BCUT2D eigenvalue weighted by atomic mass is 35.5. The lowest BCUT2D eigenvalue weighted by atomic mass is 10.2. The van der Waals surface area contributed by atoms with Crippen LogP contribution in [-0.2, 0) is 11.3 Å². The van der Waals surface area contributed by atoms with Gasteiger partial charge in [-0.3, -0.25) is 4.79 Å². The van der Waals surface area contributed by atoms with Crippen molar-refractivity contribution in [2.24, 2.45) is 4.99 Å². The Hall–Kier alpha value is -1.50. The van der Waals surface area contributed by atoms with Crippen molar-refractivity contribution in [1.29, 1.82) is 0 Å². The van der Waals surface area contributed by atoms with Gasteiger partial charge in [-0.25, -0.2) is 4.39 Å². The van der Waals surface area contributed by atoms with Crippen molar-refractivity contribution in [3.63, 3.8) is 0 Å². The largest absolute Gasteiger partial charge is 0.383 e. The van der Waals surface area contributed by atoms with Gasteiger partial charge >= 0.3 is 0 Å². The van der Waals surface area contributed by atoms with Crippen molar-refractivity contribution in [3.8, 4) is 0 Å². The molecule has 0 aliphatic carbocycles. The Morgan fingerprint density at radius 2 is 2.18 bits per heavy atom. The highest BCUT2D eigenvalue weighted by Crippen LogP contribution is 2.18. The molecule has 0 saturated heterocycles. The fourth-order valence-corrected chi connectivity index (χ4v) is 3.19. The van der Waals surface area contributed by atoms with Crippen LogP contribution >= 0.6 is 22.9 Å². The van der Waals surface area contributed by atoms with Crippen LogP contribution in [0.1, 0.15) is 20.9 Å².